The van der Waals surface area contributed by atoms with Gasteiger partial charge in [0, 0.05) is 22.5 Å². The normalized spacial score (nSPS) is 12.4. The van der Waals surface area contributed by atoms with Gasteiger partial charge in [-0.1, -0.05) is 30.3 Å². The van der Waals surface area contributed by atoms with E-state index in [0.29, 0.717) is 52.3 Å². The molecule has 9 heteroatoms. The van der Waals surface area contributed by atoms with Gasteiger partial charge < -0.3 is 28.9 Å². The second-order valence-electron chi connectivity index (χ2n) is 8.05. The van der Waals surface area contributed by atoms with Crippen molar-refractivity contribution in [3.05, 3.63) is 94.5 Å². The zero-order valence-electron chi connectivity index (χ0n) is 18.7. The summed E-state index contributed by atoms with van der Waals surface area (Å²) in [5.41, 5.74) is 0.367. The Morgan fingerprint density at radius 3 is 2.33 bits per heavy atom. The average molecular weight is 482 g/mol. The van der Waals surface area contributed by atoms with Crippen molar-refractivity contribution in [2.24, 2.45) is 0 Å². The quantitative estimate of drug-likeness (QED) is 0.353. The number of anilines is 2. The molecule has 0 radical (unpaired) electrons. The molecule has 0 spiro atoms. The monoisotopic (exact) mass is 482 g/mol. The maximum absolute atomic E-state index is 13.2. The maximum atomic E-state index is 13.2. The third-order valence-electron chi connectivity index (χ3n) is 5.73. The summed E-state index contributed by atoms with van der Waals surface area (Å²) in [4.78, 5) is 38.9. The van der Waals surface area contributed by atoms with E-state index in [4.69, 9.17) is 18.3 Å². The minimum Gasteiger partial charge on any atom is -0.486 e. The molecule has 6 rings (SSSR count). The number of ether oxygens (including phenoxy) is 2. The first-order valence-electron chi connectivity index (χ1n) is 11.1. The van der Waals surface area contributed by atoms with Crippen molar-refractivity contribution < 1.29 is 27.9 Å². The number of carbonyl (C=O) groups is 2. The number of fused-ring (bicyclic) bond motifs is 3. The molecule has 3 aromatic carbocycles. The number of carbonyl (C=O) groups excluding carboxylic acids is 2. The van der Waals surface area contributed by atoms with Gasteiger partial charge in [0.25, 0.3) is 11.8 Å². The second kappa shape index (κ2) is 8.62. The highest BCUT2D eigenvalue weighted by Gasteiger charge is 2.25. The van der Waals surface area contributed by atoms with E-state index in [2.05, 4.69) is 10.6 Å². The zero-order valence-corrected chi connectivity index (χ0v) is 18.7. The first kappa shape index (κ1) is 21.5. The summed E-state index contributed by atoms with van der Waals surface area (Å²) < 4.78 is 22.2. The molecule has 2 amide bonds. The minimum absolute atomic E-state index is 0.121. The summed E-state index contributed by atoms with van der Waals surface area (Å²) >= 11 is 0. The molecule has 1 aliphatic heterocycles. The smallest absolute Gasteiger partial charge is 0.349 e. The highest BCUT2D eigenvalue weighted by molar-refractivity contribution is 6.17. The van der Waals surface area contributed by atoms with E-state index in [1.807, 2.05) is 0 Å². The van der Waals surface area contributed by atoms with Crippen LogP contribution in [-0.4, -0.2) is 25.0 Å². The van der Waals surface area contributed by atoms with Crippen LogP contribution in [0.2, 0.25) is 0 Å². The van der Waals surface area contributed by atoms with Crippen molar-refractivity contribution in [3.63, 3.8) is 0 Å². The first-order chi connectivity index (χ1) is 17.6. The van der Waals surface area contributed by atoms with E-state index in [-0.39, 0.29) is 17.0 Å². The van der Waals surface area contributed by atoms with Crippen LogP contribution in [0.3, 0.4) is 0 Å². The molecule has 178 valence electrons. The van der Waals surface area contributed by atoms with E-state index in [0.717, 1.165) is 0 Å². The highest BCUT2D eigenvalue weighted by Crippen LogP contribution is 2.35. The van der Waals surface area contributed by atoms with Crippen molar-refractivity contribution in [2.75, 3.05) is 23.8 Å². The Balaban J connectivity index is 1.35. The Hall–Kier alpha value is -5.05. The van der Waals surface area contributed by atoms with Gasteiger partial charge in [-0.3, -0.25) is 9.59 Å². The molecule has 2 aromatic heterocycles. The largest absolute Gasteiger partial charge is 0.486 e. The Morgan fingerprint density at radius 2 is 1.47 bits per heavy atom. The SMILES string of the molecule is O=C(Nc1ccc2c(c1)OCCO2)c1oc2ccccc2c1NC(=O)c1cc2ccccc2oc1=O. The number of nitrogens with one attached hydrogen (secondary N) is 2. The Morgan fingerprint density at radius 1 is 0.722 bits per heavy atom. The Kier molecular flexibility index (Phi) is 5.15. The molecular weight excluding hydrogens is 464 g/mol. The van der Waals surface area contributed by atoms with E-state index in [1.165, 1.54) is 6.07 Å². The lowest BCUT2D eigenvalue weighted by Crippen LogP contribution is -2.22. The Bertz CT molecular complexity index is 1720. The zero-order chi connectivity index (χ0) is 24.6. The van der Waals surface area contributed by atoms with Crippen LogP contribution in [0.4, 0.5) is 11.4 Å². The van der Waals surface area contributed by atoms with Crippen molar-refractivity contribution >= 4 is 45.1 Å². The summed E-state index contributed by atoms with van der Waals surface area (Å²) in [5.74, 6) is -0.340. The summed E-state index contributed by atoms with van der Waals surface area (Å²) in [5, 5.41) is 6.53. The van der Waals surface area contributed by atoms with Gasteiger partial charge in [-0.2, -0.15) is 0 Å². The molecule has 0 atom stereocenters. The number of hydrogen-bond acceptors (Lipinski definition) is 7. The van der Waals surface area contributed by atoms with Gasteiger partial charge in [0.2, 0.25) is 5.76 Å². The van der Waals surface area contributed by atoms with E-state index in [1.54, 1.807) is 66.7 Å². The van der Waals surface area contributed by atoms with Gasteiger partial charge >= 0.3 is 5.63 Å². The fourth-order valence-electron chi connectivity index (χ4n) is 4.04. The molecule has 0 saturated carbocycles. The van der Waals surface area contributed by atoms with Crippen LogP contribution in [-0.2, 0) is 0 Å². The molecule has 0 bridgehead atoms. The number of furan rings is 1. The van der Waals surface area contributed by atoms with Crippen LogP contribution in [0.25, 0.3) is 21.9 Å². The highest BCUT2D eigenvalue weighted by atomic mass is 16.6. The predicted octanol–water partition coefficient (Wildman–Crippen LogP) is 4.82. The number of para-hydroxylation sites is 2. The second-order valence-corrected chi connectivity index (χ2v) is 8.05. The standard InChI is InChI=1S/C27H18N2O7/c30-25(18-13-15-5-1-3-7-19(15)36-27(18)32)29-23-17-6-2-4-8-20(17)35-24(23)26(31)28-16-9-10-21-22(14-16)34-12-11-33-21/h1-10,13-14H,11-12H2,(H,28,31)(H,29,30). The van der Waals surface area contributed by atoms with Gasteiger partial charge in [0.1, 0.15) is 35.6 Å². The number of rotatable bonds is 4. The van der Waals surface area contributed by atoms with Crippen LogP contribution in [0.15, 0.2) is 86.4 Å². The summed E-state index contributed by atoms with van der Waals surface area (Å²) in [6.07, 6.45) is 0. The van der Waals surface area contributed by atoms with Crippen molar-refractivity contribution in [3.8, 4) is 11.5 Å². The summed E-state index contributed by atoms with van der Waals surface area (Å²) in [6, 6.07) is 20.2. The molecule has 5 aromatic rings. The van der Waals surface area contributed by atoms with Crippen molar-refractivity contribution in [1.29, 1.82) is 0 Å². The van der Waals surface area contributed by atoms with Crippen LogP contribution < -0.4 is 25.7 Å². The molecule has 36 heavy (non-hydrogen) atoms. The lowest BCUT2D eigenvalue weighted by molar-refractivity contribution is 0.0999. The predicted molar refractivity (Wildman–Crippen MR) is 132 cm³/mol. The number of hydrogen-bond donors (Lipinski definition) is 2. The summed E-state index contributed by atoms with van der Waals surface area (Å²) in [6.45, 7) is 0.864. The van der Waals surface area contributed by atoms with Crippen LogP contribution in [0, 0.1) is 0 Å². The lowest BCUT2D eigenvalue weighted by atomic mass is 10.1. The molecular formula is C27H18N2O7. The Labute approximate surface area is 203 Å². The van der Waals surface area contributed by atoms with E-state index in [9.17, 15) is 14.4 Å². The topological polar surface area (TPSA) is 120 Å². The van der Waals surface area contributed by atoms with Gasteiger partial charge in [-0.15, -0.1) is 0 Å². The molecule has 1 aliphatic rings. The molecule has 0 saturated heterocycles. The molecule has 2 N–H and O–H groups in total. The third kappa shape index (κ3) is 3.82. The molecule has 0 fully saturated rings. The van der Waals surface area contributed by atoms with Crippen LogP contribution in [0.1, 0.15) is 20.9 Å². The number of benzene rings is 3. The molecule has 0 unspecified atom stereocenters. The van der Waals surface area contributed by atoms with Gasteiger partial charge in [-0.05, 0) is 36.4 Å². The van der Waals surface area contributed by atoms with Crippen LogP contribution in [0.5, 0.6) is 11.5 Å². The fraction of sp³-hybridized carbons (Fsp3) is 0.0741. The summed E-state index contributed by atoms with van der Waals surface area (Å²) in [7, 11) is 0. The van der Waals surface area contributed by atoms with Gasteiger partial charge in [0.05, 0.1) is 0 Å². The lowest BCUT2D eigenvalue weighted by Gasteiger charge is -2.18. The molecule has 0 aliphatic carbocycles. The first-order valence-corrected chi connectivity index (χ1v) is 11.1. The minimum atomic E-state index is -0.790. The fourth-order valence-corrected chi connectivity index (χ4v) is 4.04. The van der Waals surface area contributed by atoms with E-state index < -0.39 is 17.4 Å². The van der Waals surface area contributed by atoms with Crippen LogP contribution >= 0.6 is 0 Å². The molecule has 9 nitrogen and oxygen atoms in total. The van der Waals surface area contributed by atoms with Gasteiger partial charge in [-0.25, -0.2) is 4.79 Å². The van der Waals surface area contributed by atoms with Crippen molar-refractivity contribution in [1.82, 2.24) is 0 Å². The maximum Gasteiger partial charge on any atom is 0.349 e. The van der Waals surface area contributed by atoms with E-state index >= 15 is 0 Å². The van der Waals surface area contributed by atoms with Gasteiger partial charge in [0.15, 0.2) is 11.5 Å². The number of amides is 2. The average Bonchev–Trinajstić information content (AvgIpc) is 3.26. The molecule has 3 heterocycles. The third-order valence-corrected chi connectivity index (χ3v) is 5.73. The van der Waals surface area contributed by atoms with Crippen molar-refractivity contribution in [2.45, 2.75) is 0 Å².